The van der Waals surface area contributed by atoms with E-state index in [9.17, 15) is 0 Å². The molecule has 2 aromatic rings. The van der Waals surface area contributed by atoms with E-state index in [0.717, 1.165) is 5.75 Å². The first kappa shape index (κ1) is 13.2. The van der Waals surface area contributed by atoms with Crippen LogP contribution in [0.1, 0.15) is 47.6 Å². The minimum atomic E-state index is 0.420. The first-order valence-electron chi connectivity index (χ1n) is 7.40. The van der Waals surface area contributed by atoms with Crippen LogP contribution in [0.2, 0.25) is 0 Å². The van der Waals surface area contributed by atoms with Crippen molar-refractivity contribution in [2.75, 3.05) is 0 Å². The van der Waals surface area contributed by atoms with E-state index in [1.807, 2.05) is 0 Å². The van der Waals surface area contributed by atoms with Gasteiger partial charge in [-0.05, 0) is 42.0 Å². The Labute approximate surface area is 121 Å². The third kappa shape index (κ3) is 2.02. The predicted molar refractivity (Wildman–Crippen MR) is 83.4 cm³/mol. The minimum Gasteiger partial charge on any atom is -0.488 e. The molecule has 0 radical (unpaired) electrons. The zero-order valence-electron chi connectivity index (χ0n) is 12.7. The predicted octanol–water partition coefficient (Wildman–Crippen LogP) is 4.98. The van der Waals surface area contributed by atoms with Gasteiger partial charge in [0.15, 0.2) is 0 Å². The average molecular weight is 266 g/mol. The monoisotopic (exact) mass is 266 g/mol. The van der Waals surface area contributed by atoms with E-state index < -0.39 is 0 Å². The van der Waals surface area contributed by atoms with Gasteiger partial charge in [-0.3, -0.25) is 0 Å². The van der Waals surface area contributed by atoms with Crippen LogP contribution in [-0.4, -0.2) is 0 Å². The molecule has 1 nitrogen and oxygen atoms in total. The van der Waals surface area contributed by atoms with E-state index in [1.165, 1.54) is 27.8 Å². The number of hydrogen-bond donors (Lipinski definition) is 0. The summed E-state index contributed by atoms with van der Waals surface area (Å²) in [5.74, 6) is 2.07. The Hall–Kier alpha value is -1.76. The van der Waals surface area contributed by atoms with Gasteiger partial charge in [-0.1, -0.05) is 50.2 Å². The highest BCUT2D eigenvalue weighted by Gasteiger charge is 2.29. The molecule has 0 aromatic heterocycles. The Morgan fingerprint density at radius 1 is 1.00 bits per heavy atom. The van der Waals surface area contributed by atoms with Crippen LogP contribution in [0.3, 0.4) is 0 Å². The summed E-state index contributed by atoms with van der Waals surface area (Å²) in [6.07, 6.45) is 0. The van der Waals surface area contributed by atoms with Crippen molar-refractivity contribution in [3.8, 4) is 5.75 Å². The number of ether oxygens (including phenoxy) is 1. The van der Waals surface area contributed by atoms with E-state index in [0.29, 0.717) is 18.4 Å². The molecule has 0 bridgehead atoms. The topological polar surface area (TPSA) is 9.23 Å². The van der Waals surface area contributed by atoms with Gasteiger partial charge in [-0.15, -0.1) is 0 Å². The van der Waals surface area contributed by atoms with E-state index >= 15 is 0 Å². The molecule has 0 N–H and O–H groups in total. The van der Waals surface area contributed by atoms with E-state index in [2.05, 4.69) is 64.1 Å². The number of benzene rings is 2. The SMILES string of the molecule is Cc1ccc(C)c2c1OCc1ccccc1C2C(C)C. The Bertz CT molecular complexity index is 640. The standard InChI is InChI=1S/C19H22O/c1-12(2)17-16-8-6-5-7-15(16)11-20-19-14(4)10-9-13(3)18(17)19/h5-10,12,17H,11H2,1-4H3. The number of rotatable bonds is 1. The summed E-state index contributed by atoms with van der Waals surface area (Å²) in [5.41, 5.74) is 6.70. The molecule has 0 aliphatic carbocycles. The summed E-state index contributed by atoms with van der Waals surface area (Å²) in [4.78, 5) is 0. The van der Waals surface area contributed by atoms with Gasteiger partial charge in [-0.25, -0.2) is 0 Å². The lowest BCUT2D eigenvalue weighted by Crippen LogP contribution is -2.11. The van der Waals surface area contributed by atoms with Crippen molar-refractivity contribution >= 4 is 0 Å². The van der Waals surface area contributed by atoms with Crippen LogP contribution in [0.5, 0.6) is 5.75 Å². The van der Waals surface area contributed by atoms with Gasteiger partial charge in [-0.2, -0.15) is 0 Å². The highest BCUT2D eigenvalue weighted by Crippen LogP contribution is 2.44. The molecule has 1 heterocycles. The van der Waals surface area contributed by atoms with Crippen LogP contribution in [0.15, 0.2) is 36.4 Å². The Morgan fingerprint density at radius 3 is 2.45 bits per heavy atom. The van der Waals surface area contributed by atoms with Crippen LogP contribution >= 0.6 is 0 Å². The Morgan fingerprint density at radius 2 is 1.70 bits per heavy atom. The highest BCUT2D eigenvalue weighted by atomic mass is 16.5. The summed E-state index contributed by atoms with van der Waals surface area (Å²) in [6, 6.07) is 13.1. The lowest BCUT2D eigenvalue weighted by atomic mass is 9.78. The Balaban J connectivity index is 2.30. The molecule has 1 heteroatoms. The molecule has 0 amide bonds. The minimum absolute atomic E-state index is 0.420. The van der Waals surface area contributed by atoms with Crippen molar-refractivity contribution in [3.63, 3.8) is 0 Å². The Kier molecular flexibility index (Phi) is 3.29. The van der Waals surface area contributed by atoms with Crippen LogP contribution < -0.4 is 4.74 Å². The van der Waals surface area contributed by atoms with E-state index in [1.54, 1.807) is 0 Å². The summed E-state index contributed by atoms with van der Waals surface area (Å²) >= 11 is 0. The van der Waals surface area contributed by atoms with Crippen molar-refractivity contribution < 1.29 is 4.74 Å². The number of fused-ring (bicyclic) bond motifs is 2. The third-order valence-corrected chi connectivity index (χ3v) is 4.35. The van der Waals surface area contributed by atoms with Crippen molar-refractivity contribution in [2.45, 2.75) is 40.2 Å². The lowest BCUT2D eigenvalue weighted by molar-refractivity contribution is 0.304. The molecule has 2 aromatic carbocycles. The molecule has 1 aliphatic rings. The molecule has 0 saturated carbocycles. The maximum atomic E-state index is 6.17. The smallest absolute Gasteiger partial charge is 0.126 e. The molecular formula is C19H22O. The summed E-state index contributed by atoms with van der Waals surface area (Å²) in [6.45, 7) is 9.63. The molecule has 104 valence electrons. The molecule has 1 unspecified atom stereocenters. The van der Waals surface area contributed by atoms with E-state index in [-0.39, 0.29) is 0 Å². The first-order valence-corrected chi connectivity index (χ1v) is 7.40. The van der Waals surface area contributed by atoms with Crippen molar-refractivity contribution in [1.82, 2.24) is 0 Å². The van der Waals surface area contributed by atoms with Crippen molar-refractivity contribution in [3.05, 3.63) is 64.2 Å². The second kappa shape index (κ2) is 4.97. The molecule has 20 heavy (non-hydrogen) atoms. The zero-order chi connectivity index (χ0) is 14.3. The number of aryl methyl sites for hydroxylation is 2. The summed E-state index contributed by atoms with van der Waals surface area (Å²) in [7, 11) is 0. The van der Waals surface area contributed by atoms with Crippen LogP contribution in [0, 0.1) is 19.8 Å². The van der Waals surface area contributed by atoms with Crippen LogP contribution in [0.25, 0.3) is 0 Å². The fraction of sp³-hybridized carbons (Fsp3) is 0.368. The molecular weight excluding hydrogens is 244 g/mol. The third-order valence-electron chi connectivity index (χ3n) is 4.35. The van der Waals surface area contributed by atoms with Gasteiger partial charge >= 0.3 is 0 Å². The molecule has 0 spiro atoms. The molecule has 1 atom stereocenters. The van der Waals surface area contributed by atoms with Gasteiger partial charge in [0.25, 0.3) is 0 Å². The highest BCUT2D eigenvalue weighted by molar-refractivity contribution is 5.53. The van der Waals surface area contributed by atoms with E-state index in [4.69, 9.17) is 4.74 Å². The quantitative estimate of drug-likeness (QED) is 0.707. The van der Waals surface area contributed by atoms with Gasteiger partial charge < -0.3 is 4.74 Å². The van der Waals surface area contributed by atoms with Gasteiger partial charge in [0, 0.05) is 11.5 Å². The van der Waals surface area contributed by atoms with Crippen molar-refractivity contribution in [2.24, 2.45) is 5.92 Å². The maximum Gasteiger partial charge on any atom is 0.126 e. The second-order valence-electron chi connectivity index (χ2n) is 6.15. The summed E-state index contributed by atoms with van der Waals surface area (Å²) in [5, 5.41) is 0. The van der Waals surface area contributed by atoms with Gasteiger partial charge in [0.1, 0.15) is 12.4 Å². The average Bonchev–Trinajstić information content (AvgIpc) is 2.60. The second-order valence-corrected chi connectivity index (χ2v) is 6.15. The fourth-order valence-corrected chi connectivity index (χ4v) is 3.35. The summed E-state index contributed by atoms with van der Waals surface area (Å²) < 4.78 is 6.17. The number of hydrogen-bond acceptors (Lipinski definition) is 1. The van der Waals surface area contributed by atoms with Gasteiger partial charge in [0.05, 0.1) is 0 Å². The fourth-order valence-electron chi connectivity index (χ4n) is 3.35. The normalized spacial score (nSPS) is 17.1. The molecule has 1 aliphatic heterocycles. The molecule has 3 rings (SSSR count). The zero-order valence-corrected chi connectivity index (χ0v) is 12.7. The maximum absolute atomic E-state index is 6.17. The lowest BCUT2D eigenvalue weighted by Gasteiger charge is -2.25. The molecule has 0 saturated heterocycles. The van der Waals surface area contributed by atoms with Crippen LogP contribution in [-0.2, 0) is 6.61 Å². The van der Waals surface area contributed by atoms with Crippen LogP contribution in [0.4, 0.5) is 0 Å². The first-order chi connectivity index (χ1) is 9.59. The molecule has 0 fully saturated rings. The van der Waals surface area contributed by atoms with Crippen molar-refractivity contribution in [1.29, 1.82) is 0 Å². The largest absolute Gasteiger partial charge is 0.488 e. The van der Waals surface area contributed by atoms with Gasteiger partial charge in [0.2, 0.25) is 0 Å².